The fourth-order valence-corrected chi connectivity index (χ4v) is 0.336. The Balaban J connectivity index is 3.50. The van der Waals surface area contributed by atoms with E-state index in [0.29, 0.717) is 19.0 Å². The van der Waals surface area contributed by atoms with E-state index < -0.39 is 5.92 Å². The maximum absolute atomic E-state index is 9.85. The van der Waals surface area contributed by atoms with Crippen LogP contribution in [0.25, 0.3) is 0 Å². The molecule has 0 amide bonds. The highest BCUT2D eigenvalue weighted by Gasteiger charge is 1.99. The van der Waals surface area contributed by atoms with Gasteiger partial charge in [-0.05, 0) is 6.42 Å². The van der Waals surface area contributed by atoms with E-state index in [1.807, 2.05) is 0 Å². The molecular formula is C6H8O2. The number of hydrogen-bond donors (Lipinski definition) is 0. The average Bonchev–Trinajstić information content (AvgIpc) is 1.83. The normalized spacial score (nSPS) is 8.62. The topological polar surface area (TPSA) is 34.1 Å². The molecule has 44 valence electrons. The molecular weight excluding hydrogens is 104 g/mol. The van der Waals surface area contributed by atoms with Crippen LogP contribution in [0.15, 0.2) is 12.7 Å². The van der Waals surface area contributed by atoms with E-state index in [1.54, 1.807) is 6.08 Å². The van der Waals surface area contributed by atoms with Gasteiger partial charge in [-0.25, -0.2) is 0 Å². The van der Waals surface area contributed by atoms with Crippen LogP contribution in [0.3, 0.4) is 0 Å². The predicted molar refractivity (Wildman–Crippen MR) is 30.4 cm³/mol. The molecule has 0 saturated heterocycles. The molecule has 0 radical (unpaired) electrons. The van der Waals surface area contributed by atoms with Crippen molar-refractivity contribution >= 4 is 12.6 Å². The lowest BCUT2D eigenvalue weighted by molar-refractivity contribution is -0.119. The molecule has 0 spiro atoms. The first-order valence-electron chi connectivity index (χ1n) is 2.36. The Labute approximate surface area is 48.2 Å². The highest BCUT2D eigenvalue weighted by molar-refractivity contribution is 5.77. The van der Waals surface area contributed by atoms with Crippen LogP contribution >= 0.6 is 0 Å². The zero-order valence-corrected chi connectivity index (χ0v) is 4.54. The van der Waals surface area contributed by atoms with Crippen LogP contribution in [0.4, 0.5) is 0 Å². The van der Waals surface area contributed by atoms with E-state index in [9.17, 15) is 9.59 Å². The highest BCUT2D eigenvalue weighted by atomic mass is 16.1. The van der Waals surface area contributed by atoms with Crippen molar-refractivity contribution in [1.29, 1.82) is 0 Å². The molecule has 0 aliphatic heterocycles. The summed E-state index contributed by atoms with van der Waals surface area (Å²) in [4.78, 5) is 19.7. The molecule has 0 bridgehead atoms. The third kappa shape index (κ3) is 2.29. The molecule has 0 fully saturated rings. The van der Waals surface area contributed by atoms with Gasteiger partial charge in [0, 0.05) is 0 Å². The van der Waals surface area contributed by atoms with Crippen molar-refractivity contribution in [3.8, 4) is 0 Å². The molecule has 0 saturated carbocycles. The summed E-state index contributed by atoms with van der Waals surface area (Å²) in [5.74, 6) is -0.479. The molecule has 0 atom stereocenters. The van der Waals surface area contributed by atoms with Gasteiger partial charge in [0.25, 0.3) is 0 Å². The molecule has 8 heavy (non-hydrogen) atoms. The maximum Gasteiger partial charge on any atom is 0.130 e. The van der Waals surface area contributed by atoms with Crippen LogP contribution in [-0.4, -0.2) is 12.6 Å². The third-order valence-electron chi connectivity index (χ3n) is 0.788. The van der Waals surface area contributed by atoms with Crippen molar-refractivity contribution in [1.82, 2.24) is 0 Å². The van der Waals surface area contributed by atoms with Crippen LogP contribution in [0.2, 0.25) is 0 Å². The molecule has 0 rings (SSSR count). The van der Waals surface area contributed by atoms with Crippen LogP contribution in [0.5, 0.6) is 0 Å². The fourth-order valence-electron chi connectivity index (χ4n) is 0.336. The Hall–Kier alpha value is -0.920. The van der Waals surface area contributed by atoms with Crippen molar-refractivity contribution in [2.24, 2.45) is 5.92 Å². The van der Waals surface area contributed by atoms with E-state index in [4.69, 9.17) is 0 Å². The Bertz CT molecular complexity index is 88.7. The zero-order valence-electron chi connectivity index (χ0n) is 4.54. The van der Waals surface area contributed by atoms with Crippen molar-refractivity contribution in [2.75, 3.05) is 0 Å². The minimum atomic E-state index is -0.479. The smallest absolute Gasteiger partial charge is 0.130 e. The Morgan fingerprint density at radius 1 is 1.38 bits per heavy atom. The van der Waals surface area contributed by atoms with Crippen molar-refractivity contribution in [3.05, 3.63) is 12.7 Å². The van der Waals surface area contributed by atoms with Gasteiger partial charge < -0.3 is 9.59 Å². The van der Waals surface area contributed by atoms with E-state index in [-0.39, 0.29) is 0 Å². The van der Waals surface area contributed by atoms with E-state index in [0.717, 1.165) is 0 Å². The SMILES string of the molecule is C=CCC(C=O)C=O. The number of rotatable bonds is 4. The number of carbonyl (C=O) groups excluding carboxylic acids is 2. The van der Waals surface area contributed by atoms with Crippen LogP contribution in [-0.2, 0) is 9.59 Å². The Morgan fingerprint density at radius 2 is 1.88 bits per heavy atom. The van der Waals surface area contributed by atoms with Crippen LogP contribution in [0, 0.1) is 5.92 Å². The van der Waals surface area contributed by atoms with Crippen molar-refractivity contribution in [2.45, 2.75) is 6.42 Å². The minimum Gasteiger partial charge on any atom is -0.303 e. The summed E-state index contributed by atoms with van der Waals surface area (Å²) >= 11 is 0. The number of aldehydes is 2. The summed E-state index contributed by atoms with van der Waals surface area (Å²) in [6.45, 7) is 3.38. The van der Waals surface area contributed by atoms with Gasteiger partial charge in [0.05, 0.1) is 5.92 Å². The molecule has 0 N–H and O–H groups in total. The number of carbonyl (C=O) groups is 2. The Morgan fingerprint density at radius 3 is 2.00 bits per heavy atom. The summed E-state index contributed by atoms with van der Waals surface area (Å²) < 4.78 is 0. The molecule has 0 unspecified atom stereocenters. The number of allylic oxidation sites excluding steroid dienone is 1. The summed E-state index contributed by atoms with van der Waals surface area (Å²) in [5.41, 5.74) is 0. The van der Waals surface area contributed by atoms with Crippen molar-refractivity contribution in [3.63, 3.8) is 0 Å². The van der Waals surface area contributed by atoms with Gasteiger partial charge in [-0.3, -0.25) is 0 Å². The summed E-state index contributed by atoms with van der Waals surface area (Å²) in [7, 11) is 0. The van der Waals surface area contributed by atoms with E-state index in [1.165, 1.54) is 0 Å². The largest absolute Gasteiger partial charge is 0.303 e. The first kappa shape index (κ1) is 7.08. The number of hydrogen-bond acceptors (Lipinski definition) is 2. The van der Waals surface area contributed by atoms with Gasteiger partial charge >= 0.3 is 0 Å². The van der Waals surface area contributed by atoms with Gasteiger partial charge in [-0.15, -0.1) is 6.58 Å². The molecule has 0 aliphatic carbocycles. The molecule has 0 aromatic heterocycles. The van der Waals surface area contributed by atoms with Gasteiger partial charge in [0.15, 0.2) is 0 Å². The van der Waals surface area contributed by atoms with Gasteiger partial charge in [-0.1, -0.05) is 6.08 Å². The van der Waals surface area contributed by atoms with Gasteiger partial charge in [-0.2, -0.15) is 0 Å². The fraction of sp³-hybridized carbons (Fsp3) is 0.333. The third-order valence-corrected chi connectivity index (χ3v) is 0.788. The second kappa shape index (κ2) is 4.24. The second-order valence-corrected chi connectivity index (χ2v) is 1.46. The highest BCUT2D eigenvalue weighted by Crippen LogP contribution is 1.93. The molecule has 2 nitrogen and oxygen atoms in total. The molecule has 0 aromatic carbocycles. The quantitative estimate of drug-likeness (QED) is 0.303. The first-order chi connectivity index (χ1) is 3.85. The Kier molecular flexibility index (Phi) is 3.76. The van der Waals surface area contributed by atoms with Crippen LogP contribution in [0.1, 0.15) is 6.42 Å². The molecule has 0 aromatic rings. The molecule has 0 aliphatic rings. The summed E-state index contributed by atoms with van der Waals surface area (Å²) in [5, 5.41) is 0. The lowest BCUT2D eigenvalue weighted by atomic mass is 10.1. The second-order valence-electron chi connectivity index (χ2n) is 1.46. The standard InChI is InChI=1S/C6H8O2/c1-2-3-6(4-7)5-8/h2,4-6H,1,3H2. The monoisotopic (exact) mass is 112 g/mol. The first-order valence-corrected chi connectivity index (χ1v) is 2.36. The molecule has 2 heteroatoms. The maximum atomic E-state index is 9.85. The van der Waals surface area contributed by atoms with Crippen LogP contribution < -0.4 is 0 Å². The van der Waals surface area contributed by atoms with E-state index >= 15 is 0 Å². The van der Waals surface area contributed by atoms with Gasteiger partial charge in [0.2, 0.25) is 0 Å². The predicted octanol–water partition coefficient (Wildman–Crippen LogP) is 0.577. The van der Waals surface area contributed by atoms with Crippen molar-refractivity contribution < 1.29 is 9.59 Å². The summed E-state index contributed by atoms with van der Waals surface area (Å²) in [6, 6.07) is 0. The zero-order chi connectivity index (χ0) is 6.41. The molecule has 0 heterocycles. The lowest BCUT2D eigenvalue weighted by Gasteiger charge is -1.90. The average molecular weight is 112 g/mol. The van der Waals surface area contributed by atoms with Gasteiger partial charge in [0.1, 0.15) is 12.6 Å². The minimum absolute atomic E-state index is 0.451. The summed E-state index contributed by atoms with van der Waals surface area (Å²) in [6.07, 6.45) is 3.24. The lowest BCUT2D eigenvalue weighted by Crippen LogP contribution is -2.00. The van der Waals surface area contributed by atoms with E-state index in [2.05, 4.69) is 6.58 Å².